The zero-order valence-electron chi connectivity index (χ0n) is 11.5. The van der Waals surface area contributed by atoms with Gasteiger partial charge in [0.05, 0.1) is 0 Å². The standard InChI is InChI=1S/C16H17BrClNO/c1-3-19-10-13-14(18)5-4-6-16(13)20-15-8-7-12(17)9-11(15)2/h4-9,19H,3,10H2,1-2H3. The van der Waals surface area contributed by atoms with E-state index in [1.807, 2.05) is 43.3 Å². The summed E-state index contributed by atoms with van der Waals surface area (Å²) in [7, 11) is 0. The van der Waals surface area contributed by atoms with E-state index in [1.54, 1.807) is 0 Å². The summed E-state index contributed by atoms with van der Waals surface area (Å²) >= 11 is 9.72. The van der Waals surface area contributed by atoms with Crippen LogP contribution in [0.15, 0.2) is 40.9 Å². The van der Waals surface area contributed by atoms with Crippen molar-refractivity contribution >= 4 is 27.5 Å². The van der Waals surface area contributed by atoms with Crippen molar-refractivity contribution in [1.29, 1.82) is 0 Å². The van der Waals surface area contributed by atoms with Gasteiger partial charge in [0, 0.05) is 21.6 Å². The molecule has 0 aliphatic heterocycles. The molecular weight excluding hydrogens is 338 g/mol. The summed E-state index contributed by atoms with van der Waals surface area (Å²) in [6, 6.07) is 11.7. The lowest BCUT2D eigenvalue weighted by atomic mass is 10.2. The summed E-state index contributed by atoms with van der Waals surface area (Å²) in [5.41, 5.74) is 2.06. The fraction of sp³-hybridized carbons (Fsp3) is 0.250. The summed E-state index contributed by atoms with van der Waals surface area (Å²) in [5, 5.41) is 4.00. The lowest BCUT2D eigenvalue weighted by molar-refractivity contribution is 0.469. The number of nitrogens with one attached hydrogen (secondary N) is 1. The van der Waals surface area contributed by atoms with Gasteiger partial charge in [0.2, 0.25) is 0 Å². The summed E-state index contributed by atoms with van der Waals surface area (Å²) < 4.78 is 7.07. The number of ether oxygens (including phenoxy) is 1. The fourth-order valence-corrected chi connectivity index (χ4v) is 2.61. The van der Waals surface area contributed by atoms with Crippen LogP contribution >= 0.6 is 27.5 Å². The smallest absolute Gasteiger partial charge is 0.133 e. The van der Waals surface area contributed by atoms with Crippen molar-refractivity contribution in [3.8, 4) is 11.5 Å². The van der Waals surface area contributed by atoms with E-state index in [0.29, 0.717) is 6.54 Å². The minimum Gasteiger partial charge on any atom is -0.457 e. The van der Waals surface area contributed by atoms with E-state index in [1.165, 1.54) is 0 Å². The van der Waals surface area contributed by atoms with E-state index in [-0.39, 0.29) is 0 Å². The molecule has 0 saturated heterocycles. The molecule has 0 radical (unpaired) electrons. The molecule has 1 N–H and O–H groups in total. The minimum atomic E-state index is 0.696. The zero-order chi connectivity index (χ0) is 14.5. The third kappa shape index (κ3) is 3.75. The normalized spacial score (nSPS) is 10.6. The molecule has 0 atom stereocenters. The largest absolute Gasteiger partial charge is 0.457 e. The van der Waals surface area contributed by atoms with Crippen LogP contribution in [-0.2, 0) is 6.54 Å². The fourth-order valence-electron chi connectivity index (χ4n) is 1.90. The van der Waals surface area contributed by atoms with Crippen LogP contribution in [0.5, 0.6) is 11.5 Å². The maximum Gasteiger partial charge on any atom is 0.133 e. The number of rotatable bonds is 5. The van der Waals surface area contributed by atoms with Crippen molar-refractivity contribution in [2.24, 2.45) is 0 Å². The Labute approximate surface area is 133 Å². The van der Waals surface area contributed by atoms with Gasteiger partial charge in [-0.15, -0.1) is 0 Å². The number of aryl methyl sites for hydroxylation is 1. The molecule has 0 bridgehead atoms. The zero-order valence-corrected chi connectivity index (χ0v) is 13.9. The van der Waals surface area contributed by atoms with Gasteiger partial charge in [-0.1, -0.05) is 40.5 Å². The van der Waals surface area contributed by atoms with Crippen LogP contribution in [-0.4, -0.2) is 6.54 Å². The number of benzene rings is 2. The number of hydrogen-bond donors (Lipinski definition) is 1. The summed E-state index contributed by atoms with van der Waals surface area (Å²) in [4.78, 5) is 0. The van der Waals surface area contributed by atoms with E-state index in [9.17, 15) is 0 Å². The van der Waals surface area contributed by atoms with Crippen molar-refractivity contribution in [3.05, 3.63) is 57.0 Å². The third-order valence-electron chi connectivity index (χ3n) is 2.98. The molecule has 2 aromatic rings. The highest BCUT2D eigenvalue weighted by Gasteiger charge is 2.10. The first-order chi connectivity index (χ1) is 9.61. The Morgan fingerprint density at radius 2 is 2.00 bits per heavy atom. The minimum absolute atomic E-state index is 0.696. The van der Waals surface area contributed by atoms with Crippen LogP contribution in [0.2, 0.25) is 5.02 Å². The molecule has 0 saturated carbocycles. The van der Waals surface area contributed by atoms with E-state index >= 15 is 0 Å². The molecule has 20 heavy (non-hydrogen) atoms. The molecule has 106 valence electrons. The lowest BCUT2D eigenvalue weighted by Gasteiger charge is -2.14. The van der Waals surface area contributed by atoms with Gasteiger partial charge in [-0.2, -0.15) is 0 Å². The first-order valence-electron chi connectivity index (χ1n) is 6.54. The van der Waals surface area contributed by atoms with Crippen molar-refractivity contribution in [1.82, 2.24) is 5.32 Å². The van der Waals surface area contributed by atoms with E-state index < -0.39 is 0 Å². The van der Waals surface area contributed by atoms with Gasteiger partial charge in [0.1, 0.15) is 11.5 Å². The van der Waals surface area contributed by atoms with Crippen LogP contribution in [0.25, 0.3) is 0 Å². The number of hydrogen-bond acceptors (Lipinski definition) is 2. The Balaban J connectivity index is 2.30. The topological polar surface area (TPSA) is 21.3 Å². The molecule has 2 nitrogen and oxygen atoms in total. The van der Waals surface area contributed by atoms with E-state index in [2.05, 4.69) is 28.2 Å². The molecule has 0 heterocycles. The van der Waals surface area contributed by atoms with Crippen molar-refractivity contribution in [2.45, 2.75) is 20.4 Å². The highest BCUT2D eigenvalue weighted by atomic mass is 79.9. The van der Waals surface area contributed by atoms with Crippen LogP contribution in [0, 0.1) is 6.92 Å². The first-order valence-corrected chi connectivity index (χ1v) is 7.71. The highest BCUT2D eigenvalue weighted by molar-refractivity contribution is 9.10. The van der Waals surface area contributed by atoms with Gasteiger partial charge in [-0.05, 0) is 49.4 Å². The Bertz CT molecular complexity index is 601. The monoisotopic (exact) mass is 353 g/mol. The molecule has 2 aromatic carbocycles. The Morgan fingerprint density at radius 1 is 1.20 bits per heavy atom. The SMILES string of the molecule is CCNCc1c(Cl)cccc1Oc1ccc(Br)cc1C. The van der Waals surface area contributed by atoms with E-state index in [0.717, 1.165) is 38.7 Å². The second-order valence-corrected chi connectivity index (χ2v) is 5.83. The quantitative estimate of drug-likeness (QED) is 0.785. The maximum absolute atomic E-state index is 6.27. The second-order valence-electron chi connectivity index (χ2n) is 4.51. The lowest BCUT2D eigenvalue weighted by Crippen LogP contribution is -2.12. The van der Waals surface area contributed by atoms with Crippen LogP contribution in [0.4, 0.5) is 0 Å². The van der Waals surface area contributed by atoms with Gasteiger partial charge < -0.3 is 10.1 Å². The predicted molar refractivity (Wildman–Crippen MR) is 87.8 cm³/mol. The molecule has 0 unspecified atom stereocenters. The molecule has 0 fully saturated rings. The van der Waals surface area contributed by atoms with Crippen molar-refractivity contribution in [3.63, 3.8) is 0 Å². The molecule has 2 rings (SSSR count). The van der Waals surface area contributed by atoms with Gasteiger partial charge in [-0.3, -0.25) is 0 Å². The summed E-state index contributed by atoms with van der Waals surface area (Å²) in [5.74, 6) is 1.64. The Morgan fingerprint density at radius 3 is 2.70 bits per heavy atom. The predicted octanol–water partition coefficient (Wildman–Crippen LogP) is 5.31. The first kappa shape index (κ1) is 15.4. The van der Waals surface area contributed by atoms with Crippen LogP contribution < -0.4 is 10.1 Å². The molecule has 4 heteroatoms. The molecule has 0 aliphatic rings. The van der Waals surface area contributed by atoms with Gasteiger partial charge in [-0.25, -0.2) is 0 Å². The third-order valence-corrected chi connectivity index (χ3v) is 3.83. The highest BCUT2D eigenvalue weighted by Crippen LogP contribution is 2.32. The van der Waals surface area contributed by atoms with E-state index in [4.69, 9.17) is 16.3 Å². The Kier molecular flexibility index (Phi) is 5.46. The molecular formula is C16H17BrClNO. The number of halogens is 2. The molecule has 0 spiro atoms. The average Bonchev–Trinajstić information content (AvgIpc) is 2.41. The maximum atomic E-state index is 6.27. The van der Waals surface area contributed by atoms with Crippen LogP contribution in [0.1, 0.15) is 18.1 Å². The summed E-state index contributed by atoms with van der Waals surface area (Å²) in [6.45, 7) is 5.67. The van der Waals surface area contributed by atoms with Crippen molar-refractivity contribution in [2.75, 3.05) is 6.54 Å². The summed E-state index contributed by atoms with van der Waals surface area (Å²) in [6.07, 6.45) is 0. The van der Waals surface area contributed by atoms with Gasteiger partial charge in [0.15, 0.2) is 0 Å². The van der Waals surface area contributed by atoms with Gasteiger partial charge >= 0.3 is 0 Å². The van der Waals surface area contributed by atoms with Gasteiger partial charge in [0.25, 0.3) is 0 Å². The second kappa shape index (κ2) is 7.11. The molecule has 0 aromatic heterocycles. The van der Waals surface area contributed by atoms with Crippen LogP contribution in [0.3, 0.4) is 0 Å². The Hall–Kier alpha value is -1.03. The molecule has 0 amide bonds. The average molecular weight is 355 g/mol. The van der Waals surface area contributed by atoms with Crippen molar-refractivity contribution < 1.29 is 4.74 Å². The molecule has 0 aliphatic carbocycles.